The fourth-order valence-electron chi connectivity index (χ4n) is 7.20. The molecule has 27 heavy (non-hydrogen) atoms. The normalized spacial score (nSPS) is 39.6. The minimum absolute atomic E-state index is 0.0446. The first-order chi connectivity index (χ1) is 12.8. The lowest BCUT2D eigenvalue weighted by atomic mass is 9.52. The van der Waals surface area contributed by atoms with E-state index in [9.17, 15) is 4.79 Å². The first kappa shape index (κ1) is 21.2. The summed E-state index contributed by atoms with van der Waals surface area (Å²) in [5, 5.41) is 0. The highest BCUT2D eigenvalue weighted by molar-refractivity contribution is 5.75. The Labute approximate surface area is 164 Å². The molecule has 5 heteroatoms. The SMILES string of the molecule is COC1(OC)CC[C@@H]2[C@H](CC[C@@]3(C)[C@H]2CCC3(OC)OC)C1CCC(C)=O. The maximum Gasteiger partial charge on any atom is 0.173 e. The van der Waals surface area contributed by atoms with Crippen LogP contribution < -0.4 is 0 Å². The van der Waals surface area contributed by atoms with Crippen LogP contribution in [0.15, 0.2) is 0 Å². The van der Waals surface area contributed by atoms with Gasteiger partial charge in [0.05, 0.1) is 0 Å². The Balaban J connectivity index is 1.90. The van der Waals surface area contributed by atoms with Gasteiger partial charge in [0.2, 0.25) is 0 Å². The van der Waals surface area contributed by atoms with Gasteiger partial charge in [0.1, 0.15) is 5.78 Å². The topological polar surface area (TPSA) is 54.0 Å². The van der Waals surface area contributed by atoms with E-state index in [1.807, 2.05) is 0 Å². The van der Waals surface area contributed by atoms with E-state index in [4.69, 9.17) is 18.9 Å². The number of ketones is 1. The number of fused-ring (bicyclic) bond motifs is 3. The summed E-state index contributed by atoms with van der Waals surface area (Å²) in [5.41, 5.74) is 0.0446. The van der Waals surface area contributed by atoms with Gasteiger partial charge >= 0.3 is 0 Å². The molecule has 0 heterocycles. The molecule has 1 unspecified atom stereocenters. The third kappa shape index (κ3) is 3.09. The summed E-state index contributed by atoms with van der Waals surface area (Å²) in [5.74, 6) is 1.23. The van der Waals surface area contributed by atoms with E-state index in [1.165, 1.54) is 0 Å². The Morgan fingerprint density at radius 1 is 0.889 bits per heavy atom. The van der Waals surface area contributed by atoms with E-state index in [0.29, 0.717) is 24.2 Å². The lowest BCUT2D eigenvalue weighted by Gasteiger charge is -2.58. The lowest BCUT2D eigenvalue weighted by molar-refractivity contribution is -0.302. The summed E-state index contributed by atoms with van der Waals surface area (Å²) in [6.07, 6.45) is 7.75. The molecule has 0 aromatic carbocycles. The van der Waals surface area contributed by atoms with E-state index in [0.717, 1.165) is 44.9 Å². The second-order valence-electron chi connectivity index (χ2n) is 9.20. The predicted molar refractivity (Wildman–Crippen MR) is 103 cm³/mol. The molecular weight excluding hydrogens is 344 g/mol. The van der Waals surface area contributed by atoms with Gasteiger partial charge in [-0.2, -0.15) is 0 Å². The van der Waals surface area contributed by atoms with E-state index in [1.54, 1.807) is 35.4 Å². The van der Waals surface area contributed by atoms with E-state index >= 15 is 0 Å². The van der Waals surface area contributed by atoms with Gasteiger partial charge in [0.25, 0.3) is 0 Å². The average Bonchev–Trinajstić information content (AvgIpc) is 2.98. The van der Waals surface area contributed by atoms with Crippen molar-refractivity contribution < 1.29 is 23.7 Å². The van der Waals surface area contributed by atoms with Crippen molar-refractivity contribution in [3.8, 4) is 0 Å². The molecule has 3 aliphatic rings. The lowest BCUT2D eigenvalue weighted by Crippen LogP contribution is -2.58. The fraction of sp³-hybridized carbons (Fsp3) is 0.955. The van der Waals surface area contributed by atoms with Crippen molar-refractivity contribution >= 4 is 5.78 Å². The highest BCUT2D eigenvalue weighted by atomic mass is 16.7. The molecule has 5 atom stereocenters. The molecule has 3 aliphatic carbocycles. The Bertz CT molecular complexity index is 539. The number of carbonyl (C=O) groups excluding carboxylic acids is 1. The zero-order chi connectivity index (χ0) is 19.9. The second kappa shape index (κ2) is 7.74. The quantitative estimate of drug-likeness (QED) is 0.618. The van der Waals surface area contributed by atoms with Crippen molar-refractivity contribution in [2.45, 2.75) is 76.8 Å². The molecule has 0 N–H and O–H groups in total. The van der Waals surface area contributed by atoms with Crippen molar-refractivity contribution in [3.05, 3.63) is 0 Å². The molecule has 3 saturated carbocycles. The summed E-state index contributed by atoms with van der Waals surface area (Å²) >= 11 is 0. The Kier molecular flexibility index (Phi) is 6.08. The van der Waals surface area contributed by atoms with Crippen molar-refractivity contribution in [1.82, 2.24) is 0 Å². The fourth-order valence-corrected chi connectivity index (χ4v) is 7.20. The number of ether oxygens (including phenoxy) is 4. The molecule has 0 aromatic rings. The smallest absolute Gasteiger partial charge is 0.173 e. The van der Waals surface area contributed by atoms with Gasteiger partial charge in [-0.15, -0.1) is 0 Å². The standard InChI is InChI=1S/C22H38O5/c1-15(23)7-8-19-17-9-12-20(2)18(11-14-22(20,26-5)27-6)16(17)10-13-21(19,24-3)25-4/h16-19H,7-14H2,1-6H3/t16-,17+,18+,19?,20+/m1/s1. The van der Waals surface area contributed by atoms with Gasteiger partial charge in [-0.05, 0) is 56.8 Å². The highest BCUT2D eigenvalue weighted by Gasteiger charge is 2.65. The van der Waals surface area contributed by atoms with Gasteiger partial charge < -0.3 is 23.7 Å². The molecule has 0 bridgehead atoms. The van der Waals surface area contributed by atoms with Crippen LogP contribution in [0.25, 0.3) is 0 Å². The maximum absolute atomic E-state index is 11.7. The van der Waals surface area contributed by atoms with Crippen LogP contribution in [0.4, 0.5) is 0 Å². The summed E-state index contributed by atoms with van der Waals surface area (Å²) in [4.78, 5) is 11.7. The highest BCUT2D eigenvalue weighted by Crippen LogP contribution is 2.66. The summed E-state index contributed by atoms with van der Waals surface area (Å²) in [6.45, 7) is 4.05. The number of carbonyl (C=O) groups is 1. The van der Waals surface area contributed by atoms with Crippen LogP contribution in [0.1, 0.15) is 65.2 Å². The Hall–Kier alpha value is -0.490. The van der Waals surface area contributed by atoms with Crippen LogP contribution in [0.3, 0.4) is 0 Å². The molecule has 0 amide bonds. The van der Waals surface area contributed by atoms with Crippen molar-refractivity contribution in [3.63, 3.8) is 0 Å². The minimum atomic E-state index is -0.553. The summed E-state index contributed by atoms with van der Waals surface area (Å²) in [6, 6.07) is 0. The van der Waals surface area contributed by atoms with Gasteiger partial charge in [0, 0.05) is 59.0 Å². The molecule has 0 radical (unpaired) electrons. The monoisotopic (exact) mass is 382 g/mol. The second-order valence-corrected chi connectivity index (χ2v) is 9.20. The number of methoxy groups -OCH3 is 4. The van der Waals surface area contributed by atoms with Crippen LogP contribution in [0.2, 0.25) is 0 Å². The Morgan fingerprint density at radius 2 is 1.52 bits per heavy atom. The molecular formula is C22H38O5. The number of Topliss-reactive ketones (excluding diaryl/α,β-unsaturated/α-hetero) is 1. The molecule has 156 valence electrons. The predicted octanol–water partition coefficient (Wildman–Crippen LogP) is 4.19. The van der Waals surface area contributed by atoms with Crippen molar-refractivity contribution in [1.29, 1.82) is 0 Å². The maximum atomic E-state index is 11.7. The Morgan fingerprint density at radius 3 is 2.07 bits per heavy atom. The zero-order valence-electron chi connectivity index (χ0n) is 18.0. The third-order valence-electron chi connectivity index (χ3n) is 8.60. The van der Waals surface area contributed by atoms with Crippen LogP contribution in [-0.4, -0.2) is 45.8 Å². The van der Waals surface area contributed by atoms with Crippen LogP contribution in [-0.2, 0) is 23.7 Å². The average molecular weight is 383 g/mol. The van der Waals surface area contributed by atoms with Crippen LogP contribution >= 0.6 is 0 Å². The van der Waals surface area contributed by atoms with E-state index < -0.39 is 11.6 Å². The molecule has 3 fully saturated rings. The van der Waals surface area contributed by atoms with Crippen LogP contribution in [0.5, 0.6) is 0 Å². The molecule has 0 spiro atoms. The van der Waals surface area contributed by atoms with Crippen molar-refractivity contribution in [2.75, 3.05) is 28.4 Å². The third-order valence-corrected chi connectivity index (χ3v) is 8.60. The summed E-state index contributed by atoms with van der Waals surface area (Å²) in [7, 11) is 7.10. The van der Waals surface area contributed by atoms with Gasteiger partial charge in [0.15, 0.2) is 11.6 Å². The largest absolute Gasteiger partial charge is 0.353 e. The molecule has 0 aromatic heterocycles. The van der Waals surface area contributed by atoms with Crippen molar-refractivity contribution in [2.24, 2.45) is 29.1 Å². The minimum Gasteiger partial charge on any atom is -0.353 e. The number of hydrogen-bond acceptors (Lipinski definition) is 5. The van der Waals surface area contributed by atoms with Gasteiger partial charge in [-0.25, -0.2) is 0 Å². The number of rotatable bonds is 7. The van der Waals surface area contributed by atoms with E-state index in [2.05, 4.69) is 6.92 Å². The first-order valence-corrected chi connectivity index (χ1v) is 10.5. The molecule has 0 aliphatic heterocycles. The number of hydrogen-bond donors (Lipinski definition) is 0. The van der Waals surface area contributed by atoms with Gasteiger partial charge in [-0.1, -0.05) is 6.92 Å². The van der Waals surface area contributed by atoms with Crippen LogP contribution in [0, 0.1) is 29.1 Å². The summed E-state index contributed by atoms with van der Waals surface area (Å²) < 4.78 is 23.9. The van der Waals surface area contributed by atoms with E-state index in [-0.39, 0.29) is 17.1 Å². The molecule has 5 nitrogen and oxygen atoms in total. The van der Waals surface area contributed by atoms with Gasteiger partial charge in [-0.3, -0.25) is 0 Å². The first-order valence-electron chi connectivity index (χ1n) is 10.5. The zero-order valence-corrected chi connectivity index (χ0v) is 18.0. The molecule has 0 saturated heterocycles. The molecule has 3 rings (SSSR count).